The number of nitrogens with zero attached hydrogens (tertiary/aromatic N) is 2. The van der Waals surface area contributed by atoms with Crippen LogP contribution in [-0.4, -0.2) is 17.2 Å². The van der Waals surface area contributed by atoms with Crippen LogP contribution >= 0.6 is 0 Å². The molecule has 5 heteroatoms. The first-order valence-electron chi connectivity index (χ1n) is 6.60. The minimum atomic E-state index is -0.267. The lowest BCUT2D eigenvalue weighted by molar-refractivity contribution is 0.424. The molecule has 0 bridgehead atoms. The molecule has 0 aliphatic carbocycles. The molecular weight excluding hydrogens is 269 g/mol. The van der Waals surface area contributed by atoms with Crippen LogP contribution in [0.4, 0.5) is 10.1 Å². The fraction of sp³-hybridized carbons (Fsp3) is 0.125. The summed E-state index contributed by atoms with van der Waals surface area (Å²) in [7, 11) is 1.84. The van der Waals surface area contributed by atoms with E-state index in [1.807, 2.05) is 37.4 Å². The van der Waals surface area contributed by atoms with Crippen molar-refractivity contribution in [1.82, 2.24) is 10.1 Å². The molecule has 2 aromatic carbocycles. The lowest BCUT2D eigenvalue weighted by Crippen LogP contribution is -1.93. The summed E-state index contributed by atoms with van der Waals surface area (Å²) in [6.45, 7) is 0. The van der Waals surface area contributed by atoms with Gasteiger partial charge in [0.2, 0.25) is 0 Å². The molecule has 106 valence electrons. The normalized spacial score (nSPS) is 10.6. The van der Waals surface area contributed by atoms with Gasteiger partial charge in [-0.05, 0) is 29.8 Å². The van der Waals surface area contributed by atoms with Gasteiger partial charge in [0.05, 0.1) is 5.56 Å². The van der Waals surface area contributed by atoms with Gasteiger partial charge in [0.25, 0.3) is 5.89 Å². The van der Waals surface area contributed by atoms with Gasteiger partial charge in [0.1, 0.15) is 5.82 Å². The van der Waals surface area contributed by atoms with Gasteiger partial charge < -0.3 is 9.84 Å². The summed E-state index contributed by atoms with van der Waals surface area (Å²) in [5, 5.41) is 7.04. The van der Waals surface area contributed by atoms with E-state index >= 15 is 0 Å². The van der Waals surface area contributed by atoms with Gasteiger partial charge in [0, 0.05) is 19.2 Å². The third-order valence-corrected chi connectivity index (χ3v) is 3.15. The number of hydrogen-bond acceptors (Lipinski definition) is 4. The van der Waals surface area contributed by atoms with Gasteiger partial charge in [-0.2, -0.15) is 4.98 Å². The van der Waals surface area contributed by atoms with Crippen molar-refractivity contribution in [2.75, 3.05) is 12.4 Å². The van der Waals surface area contributed by atoms with Crippen molar-refractivity contribution < 1.29 is 8.91 Å². The Hall–Kier alpha value is -2.69. The lowest BCUT2D eigenvalue weighted by atomic mass is 10.1. The molecule has 0 fully saturated rings. The Morgan fingerprint density at radius 2 is 2.00 bits per heavy atom. The minimum Gasteiger partial charge on any atom is -0.387 e. The number of halogens is 1. The molecular formula is C16H14FN3O. The van der Waals surface area contributed by atoms with Crippen LogP contribution in [-0.2, 0) is 6.42 Å². The van der Waals surface area contributed by atoms with Crippen LogP contribution in [0, 0.1) is 5.82 Å². The molecule has 3 aromatic rings. The average molecular weight is 283 g/mol. The van der Waals surface area contributed by atoms with E-state index in [1.54, 1.807) is 6.07 Å². The highest BCUT2D eigenvalue weighted by atomic mass is 19.1. The highest BCUT2D eigenvalue weighted by molar-refractivity contribution is 5.72. The van der Waals surface area contributed by atoms with E-state index in [-0.39, 0.29) is 5.82 Å². The molecule has 0 saturated carbocycles. The predicted molar refractivity (Wildman–Crippen MR) is 78.5 cm³/mol. The average Bonchev–Trinajstić information content (AvgIpc) is 2.95. The van der Waals surface area contributed by atoms with Crippen molar-refractivity contribution in [3.63, 3.8) is 0 Å². The smallest absolute Gasteiger partial charge is 0.260 e. The second-order valence-electron chi connectivity index (χ2n) is 4.62. The molecule has 1 heterocycles. The molecule has 0 aliphatic heterocycles. The number of anilines is 1. The van der Waals surface area contributed by atoms with Crippen LogP contribution in [0.3, 0.4) is 0 Å². The summed E-state index contributed by atoms with van der Waals surface area (Å²) in [6, 6.07) is 14.1. The Morgan fingerprint density at radius 1 is 1.14 bits per heavy atom. The Kier molecular flexibility index (Phi) is 3.64. The van der Waals surface area contributed by atoms with Crippen molar-refractivity contribution in [1.29, 1.82) is 0 Å². The molecule has 21 heavy (non-hydrogen) atoms. The predicted octanol–water partition coefficient (Wildman–Crippen LogP) is 3.51. The van der Waals surface area contributed by atoms with Gasteiger partial charge in [0.15, 0.2) is 5.82 Å². The maximum absolute atomic E-state index is 13.2. The summed E-state index contributed by atoms with van der Waals surface area (Å²) in [6.07, 6.45) is 0.434. The SMILES string of the molecule is CNc1ccccc1-c1nc(Cc2cccc(F)c2)no1. The van der Waals surface area contributed by atoms with Gasteiger partial charge in [-0.15, -0.1) is 0 Å². The summed E-state index contributed by atoms with van der Waals surface area (Å²) in [5.74, 6) is 0.713. The standard InChI is InChI=1S/C16H14FN3O/c1-18-14-8-3-2-7-13(14)16-19-15(20-21-16)10-11-5-4-6-12(17)9-11/h2-9,18H,10H2,1H3. The first kappa shape index (κ1) is 13.3. The molecule has 1 N–H and O–H groups in total. The van der Waals surface area contributed by atoms with Crippen LogP contribution in [0.2, 0.25) is 0 Å². The third kappa shape index (κ3) is 2.91. The molecule has 0 saturated heterocycles. The van der Waals surface area contributed by atoms with Crippen LogP contribution < -0.4 is 5.32 Å². The second kappa shape index (κ2) is 5.75. The number of para-hydroxylation sites is 1. The molecule has 0 radical (unpaired) electrons. The summed E-state index contributed by atoms with van der Waals surface area (Å²) in [5.41, 5.74) is 2.57. The fourth-order valence-corrected chi connectivity index (χ4v) is 2.15. The zero-order valence-corrected chi connectivity index (χ0v) is 11.5. The van der Waals surface area contributed by atoms with Crippen molar-refractivity contribution in [2.45, 2.75) is 6.42 Å². The van der Waals surface area contributed by atoms with Crippen molar-refractivity contribution >= 4 is 5.69 Å². The van der Waals surface area contributed by atoms with E-state index in [0.717, 1.165) is 16.8 Å². The molecule has 0 spiro atoms. The molecule has 0 unspecified atom stereocenters. The summed E-state index contributed by atoms with van der Waals surface area (Å²) < 4.78 is 18.5. The van der Waals surface area contributed by atoms with Crippen molar-refractivity contribution in [3.05, 3.63) is 65.7 Å². The molecule has 1 aromatic heterocycles. The zero-order valence-electron chi connectivity index (χ0n) is 11.5. The Labute approximate surface area is 121 Å². The summed E-state index contributed by atoms with van der Waals surface area (Å²) >= 11 is 0. The van der Waals surface area contributed by atoms with E-state index in [1.165, 1.54) is 12.1 Å². The Bertz CT molecular complexity index is 755. The van der Waals surface area contributed by atoms with Gasteiger partial charge in [-0.25, -0.2) is 4.39 Å². The van der Waals surface area contributed by atoms with E-state index < -0.39 is 0 Å². The third-order valence-electron chi connectivity index (χ3n) is 3.15. The van der Waals surface area contributed by atoms with E-state index in [9.17, 15) is 4.39 Å². The van der Waals surface area contributed by atoms with E-state index in [4.69, 9.17) is 4.52 Å². The van der Waals surface area contributed by atoms with Crippen molar-refractivity contribution in [3.8, 4) is 11.5 Å². The zero-order chi connectivity index (χ0) is 14.7. The van der Waals surface area contributed by atoms with Crippen LogP contribution in [0.25, 0.3) is 11.5 Å². The molecule has 0 aliphatic rings. The fourth-order valence-electron chi connectivity index (χ4n) is 2.15. The first-order valence-corrected chi connectivity index (χ1v) is 6.60. The molecule has 0 atom stereocenters. The van der Waals surface area contributed by atoms with E-state index in [2.05, 4.69) is 15.5 Å². The Morgan fingerprint density at radius 3 is 2.81 bits per heavy atom. The largest absolute Gasteiger partial charge is 0.387 e. The number of aromatic nitrogens is 2. The molecule has 4 nitrogen and oxygen atoms in total. The maximum Gasteiger partial charge on any atom is 0.260 e. The topological polar surface area (TPSA) is 51.0 Å². The van der Waals surface area contributed by atoms with Gasteiger partial charge in [-0.1, -0.05) is 29.4 Å². The van der Waals surface area contributed by atoms with Crippen LogP contribution in [0.1, 0.15) is 11.4 Å². The molecule has 0 amide bonds. The quantitative estimate of drug-likeness (QED) is 0.796. The lowest BCUT2D eigenvalue weighted by Gasteiger charge is -2.03. The molecule has 3 rings (SSSR count). The summed E-state index contributed by atoms with van der Waals surface area (Å²) in [4.78, 5) is 4.37. The highest BCUT2D eigenvalue weighted by Gasteiger charge is 2.12. The van der Waals surface area contributed by atoms with Gasteiger partial charge >= 0.3 is 0 Å². The monoisotopic (exact) mass is 283 g/mol. The van der Waals surface area contributed by atoms with Gasteiger partial charge in [-0.3, -0.25) is 0 Å². The van der Waals surface area contributed by atoms with Crippen LogP contribution in [0.5, 0.6) is 0 Å². The van der Waals surface area contributed by atoms with Crippen LogP contribution in [0.15, 0.2) is 53.1 Å². The second-order valence-corrected chi connectivity index (χ2v) is 4.62. The Balaban J connectivity index is 1.86. The maximum atomic E-state index is 13.2. The van der Waals surface area contributed by atoms with Crippen molar-refractivity contribution in [2.24, 2.45) is 0 Å². The number of hydrogen-bond donors (Lipinski definition) is 1. The van der Waals surface area contributed by atoms with E-state index in [0.29, 0.717) is 18.1 Å². The minimum absolute atomic E-state index is 0.267. The number of benzene rings is 2. The first-order chi connectivity index (χ1) is 10.3. The number of nitrogens with one attached hydrogen (secondary N) is 1. The highest BCUT2D eigenvalue weighted by Crippen LogP contribution is 2.26. The number of rotatable bonds is 4.